The summed E-state index contributed by atoms with van der Waals surface area (Å²) in [6.45, 7) is 0. The minimum atomic E-state index is -0.446. The number of nitrogens with zero attached hydrogens (tertiary/aromatic N) is 3. The molecule has 0 radical (unpaired) electrons. The van der Waals surface area contributed by atoms with Crippen LogP contribution in [0.4, 0.5) is 5.00 Å². The van der Waals surface area contributed by atoms with Crippen LogP contribution in [0.15, 0.2) is 18.3 Å². The van der Waals surface area contributed by atoms with Gasteiger partial charge in [0.05, 0.1) is 11.2 Å². The summed E-state index contributed by atoms with van der Waals surface area (Å²) in [7, 11) is 0. The maximum atomic E-state index is 11.7. The molecule has 16 heavy (non-hydrogen) atoms. The Kier molecular flexibility index (Phi) is 3.33. The normalized spacial score (nSPS) is 10.1. The van der Waals surface area contributed by atoms with Crippen LogP contribution < -0.4 is 5.32 Å². The summed E-state index contributed by atoms with van der Waals surface area (Å²) in [5.41, 5.74) is 0.0718. The zero-order chi connectivity index (χ0) is 11.5. The van der Waals surface area contributed by atoms with Crippen LogP contribution in [0.2, 0.25) is 10.2 Å². The molecule has 2 heterocycles. The topological polar surface area (TPSA) is 67.8 Å². The lowest BCUT2D eigenvalue weighted by Crippen LogP contribution is -2.13. The highest BCUT2D eigenvalue weighted by atomic mass is 35.5. The van der Waals surface area contributed by atoms with Gasteiger partial charge in [-0.15, -0.1) is 5.10 Å². The summed E-state index contributed by atoms with van der Waals surface area (Å²) in [5.74, 6) is -0.446. The maximum absolute atomic E-state index is 11.7. The van der Waals surface area contributed by atoms with Crippen molar-refractivity contribution in [2.75, 3.05) is 5.32 Å². The number of hydrogen-bond acceptors (Lipinski definition) is 5. The van der Waals surface area contributed by atoms with Gasteiger partial charge in [0.15, 0.2) is 0 Å². The van der Waals surface area contributed by atoms with Gasteiger partial charge in [-0.1, -0.05) is 27.7 Å². The third-order valence-electron chi connectivity index (χ3n) is 1.63. The summed E-state index contributed by atoms with van der Waals surface area (Å²) in [6.07, 6.45) is 1.43. The number of amides is 1. The number of pyridine rings is 1. The van der Waals surface area contributed by atoms with Crippen molar-refractivity contribution in [3.8, 4) is 0 Å². The average Bonchev–Trinajstić information content (AvgIpc) is 2.74. The summed E-state index contributed by atoms with van der Waals surface area (Å²) in [5, 5.41) is 7.10. The minimum Gasteiger partial charge on any atom is -0.310 e. The molecular formula is C8H4Cl2N4OS. The SMILES string of the molecule is O=C(Nc1cnns1)c1nc(Cl)ccc1Cl. The molecule has 5 nitrogen and oxygen atoms in total. The number of halogens is 2. The Balaban J connectivity index is 2.24. The number of carbonyl (C=O) groups is 1. The van der Waals surface area contributed by atoms with E-state index in [0.29, 0.717) is 5.00 Å². The van der Waals surface area contributed by atoms with E-state index in [1.54, 1.807) is 0 Å². The molecule has 0 fully saturated rings. The molecule has 0 aliphatic heterocycles. The zero-order valence-corrected chi connectivity index (χ0v) is 9.97. The standard InChI is InChI=1S/C8H4Cl2N4OS/c9-4-1-2-5(10)12-7(4)8(15)13-6-3-11-14-16-6/h1-3H,(H,13,15). The summed E-state index contributed by atoms with van der Waals surface area (Å²) in [6, 6.07) is 3.02. The second-order valence-corrected chi connectivity index (χ2v) is 4.28. The van der Waals surface area contributed by atoms with Crippen molar-refractivity contribution >= 4 is 45.6 Å². The Morgan fingerprint density at radius 2 is 2.19 bits per heavy atom. The van der Waals surface area contributed by atoms with E-state index < -0.39 is 5.91 Å². The van der Waals surface area contributed by atoms with Gasteiger partial charge in [0.2, 0.25) is 0 Å². The molecule has 0 atom stereocenters. The number of rotatable bonds is 2. The highest BCUT2D eigenvalue weighted by molar-refractivity contribution is 7.10. The molecule has 0 saturated carbocycles. The van der Waals surface area contributed by atoms with Crippen molar-refractivity contribution in [3.63, 3.8) is 0 Å². The van der Waals surface area contributed by atoms with Gasteiger partial charge in [0.1, 0.15) is 15.8 Å². The van der Waals surface area contributed by atoms with Gasteiger partial charge >= 0.3 is 0 Å². The van der Waals surface area contributed by atoms with Crippen LogP contribution in [-0.4, -0.2) is 20.5 Å². The minimum absolute atomic E-state index is 0.0718. The molecule has 0 unspecified atom stereocenters. The first kappa shape index (κ1) is 11.3. The highest BCUT2D eigenvalue weighted by Gasteiger charge is 2.13. The second kappa shape index (κ2) is 4.73. The summed E-state index contributed by atoms with van der Waals surface area (Å²) < 4.78 is 3.61. The quantitative estimate of drug-likeness (QED) is 0.855. The molecule has 0 aliphatic carbocycles. The van der Waals surface area contributed by atoms with E-state index in [9.17, 15) is 4.79 Å². The smallest absolute Gasteiger partial charge is 0.276 e. The van der Waals surface area contributed by atoms with Crippen molar-refractivity contribution in [2.24, 2.45) is 0 Å². The van der Waals surface area contributed by atoms with Crippen LogP contribution in [-0.2, 0) is 0 Å². The Morgan fingerprint density at radius 1 is 1.38 bits per heavy atom. The Labute approximate surface area is 105 Å². The number of nitrogens with one attached hydrogen (secondary N) is 1. The third-order valence-corrected chi connectivity index (χ3v) is 2.72. The molecule has 0 saturated heterocycles. The van der Waals surface area contributed by atoms with E-state index in [0.717, 1.165) is 11.5 Å². The van der Waals surface area contributed by atoms with E-state index >= 15 is 0 Å². The van der Waals surface area contributed by atoms with E-state index in [4.69, 9.17) is 23.2 Å². The first-order valence-electron chi connectivity index (χ1n) is 4.07. The van der Waals surface area contributed by atoms with Crippen molar-refractivity contribution < 1.29 is 4.79 Å². The third kappa shape index (κ3) is 2.46. The van der Waals surface area contributed by atoms with Gasteiger partial charge in [-0.3, -0.25) is 4.79 Å². The zero-order valence-electron chi connectivity index (χ0n) is 7.65. The van der Waals surface area contributed by atoms with Crippen LogP contribution in [0.1, 0.15) is 10.5 Å². The van der Waals surface area contributed by atoms with Gasteiger partial charge < -0.3 is 5.32 Å². The van der Waals surface area contributed by atoms with Crippen LogP contribution in [0.3, 0.4) is 0 Å². The molecule has 82 valence electrons. The van der Waals surface area contributed by atoms with Crippen molar-refractivity contribution in [1.29, 1.82) is 0 Å². The van der Waals surface area contributed by atoms with Crippen molar-refractivity contribution in [1.82, 2.24) is 14.6 Å². The number of aromatic nitrogens is 3. The first-order chi connectivity index (χ1) is 7.66. The predicted molar refractivity (Wildman–Crippen MR) is 62.1 cm³/mol. The van der Waals surface area contributed by atoms with Crippen LogP contribution in [0, 0.1) is 0 Å². The fourth-order valence-electron chi connectivity index (χ4n) is 0.971. The molecule has 0 bridgehead atoms. The molecule has 2 rings (SSSR count). The summed E-state index contributed by atoms with van der Waals surface area (Å²) >= 11 is 12.6. The predicted octanol–water partition coefficient (Wildman–Crippen LogP) is 2.49. The molecule has 2 aromatic rings. The molecule has 0 aliphatic rings. The molecule has 0 aromatic carbocycles. The lowest BCUT2D eigenvalue weighted by molar-refractivity contribution is 0.102. The van der Waals surface area contributed by atoms with Crippen LogP contribution in [0.25, 0.3) is 0 Å². The van der Waals surface area contributed by atoms with E-state index in [-0.39, 0.29) is 15.9 Å². The second-order valence-electron chi connectivity index (χ2n) is 2.70. The fourth-order valence-corrected chi connectivity index (χ4v) is 1.72. The van der Waals surface area contributed by atoms with Gasteiger partial charge in [-0.05, 0) is 12.1 Å². The monoisotopic (exact) mass is 274 g/mol. The number of hydrogen-bond donors (Lipinski definition) is 1. The molecular weight excluding hydrogens is 271 g/mol. The first-order valence-corrected chi connectivity index (χ1v) is 5.60. The van der Waals surface area contributed by atoms with Crippen LogP contribution in [0.5, 0.6) is 0 Å². The largest absolute Gasteiger partial charge is 0.310 e. The lowest BCUT2D eigenvalue weighted by atomic mass is 10.3. The number of carbonyl (C=O) groups excluding carboxylic acids is 1. The van der Waals surface area contributed by atoms with Gasteiger partial charge in [-0.25, -0.2) is 4.98 Å². The van der Waals surface area contributed by atoms with Crippen molar-refractivity contribution in [2.45, 2.75) is 0 Å². The van der Waals surface area contributed by atoms with Gasteiger partial charge in [0.25, 0.3) is 5.91 Å². The Bertz CT molecular complexity index is 517. The van der Waals surface area contributed by atoms with Crippen LogP contribution >= 0.6 is 34.7 Å². The van der Waals surface area contributed by atoms with Gasteiger partial charge in [-0.2, -0.15) is 0 Å². The molecule has 2 aromatic heterocycles. The average molecular weight is 275 g/mol. The van der Waals surface area contributed by atoms with E-state index in [2.05, 4.69) is 19.9 Å². The summed E-state index contributed by atoms with van der Waals surface area (Å²) in [4.78, 5) is 15.6. The maximum Gasteiger partial charge on any atom is 0.276 e. The Morgan fingerprint density at radius 3 is 2.88 bits per heavy atom. The molecule has 8 heteroatoms. The van der Waals surface area contributed by atoms with E-state index in [1.807, 2.05) is 0 Å². The molecule has 0 spiro atoms. The number of anilines is 1. The molecule has 1 N–H and O–H groups in total. The van der Waals surface area contributed by atoms with Gasteiger partial charge in [0, 0.05) is 11.5 Å². The highest BCUT2D eigenvalue weighted by Crippen LogP contribution is 2.19. The molecule has 1 amide bonds. The lowest BCUT2D eigenvalue weighted by Gasteiger charge is -2.03. The van der Waals surface area contributed by atoms with Crippen molar-refractivity contribution in [3.05, 3.63) is 34.2 Å². The Hall–Kier alpha value is -1.24. The fraction of sp³-hybridized carbons (Fsp3) is 0. The van der Waals surface area contributed by atoms with E-state index in [1.165, 1.54) is 18.3 Å².